The largest absolute Gasteiger partial charge is 0.296 e. The van der Waals surface area contributed by atoms with E-state index < -0.39 is 0 Å². The summed E-state index contributed by atoms with van der Waals surface area (Å²) in [6, 6.07) is 13.4. The smallest absolute Gasteiger partial charge is 0.257 e. The third kappa shape index (κ3) is 3.65. The molecule has 0 aliphatic heterocycles. The van der Waals surface area contributed by atoms with E-state index in [2.05, 4.69) is 31.4 Å². The lowest BCUT2D eigenvalue weighted by molar-refractivity contribution is 0.102. The van der Waals surface area contributed by atoms with Gasteiger partial charge in [-0.3, -0.25) is 10.1 Å². The van der Waals surface area contributed by atoms with Gasteiger partial charge in [0.15, 0.2) is 0 Å². The second kappa shape index (κ2) is 6.60. The average Bonchev–Trinajstić information content (AvgIpc) is 2.99. The molecule has 116 valence electrons. The van der Waals surface area contributed by atoms with Gasteiger partial charge in [-0.25, -0.2) is 0 Å². The van der Waals surface area contributed by atoms with Crippen LogP contribution in [0.25, 0.3) is 10.6 Å². The fourth-order valence-corrected chi connectivity index (χ4v) is 3.04. The summed E-state index contributed by atoms with van der Waals surface area (Å²) in [5, 5.41) is 12.2. The molecule has 3 rings (SSSR count). The Balaban J connectivity index is 1.77. The maximum absolute atomic E-state index is 12.3. The molecule has 0 unspecified atom stereocenters. The number of aromatic nitrogens is 2. The van der Waals surface area contributed by atoms with Gasteiger partial charge in [-0.2, -0.15) is 0 Å². The van der Waals surface area contributed by atoms with Crippen LogP contribution in [0.3, 0.4) is 0 Å². The molecule has 4 nitrogen and oxygen atoms in total. The Morgan fingerprint density at radius 3 is 2.48 bits per heavy atom. The van der Waals surface area contributed by atoms with Gasteiger partial charge < -0.3 is 0 Å². The third-order valence-corrected chi connectivity index (χ3v) is 4.92. The van der Waals surface area contributed by atoms with E-state index in [-0.39, 0.29) is 5.91 Å². The maximum atomic E-state index is 12.3. The molecule has 3 aromatic rings. The molecule has 0 spiro atoms. The molecule has 2 aromatic carbocycles. The van der Waals surface area contributed by atoms with Crippen molar-refractivity contribution >= 4 is 38.3 Å². The Bertz CT molecular complexity index is 859. The number of carbonyl (C=O) groups excluding carboxylic acids is 1. The fraction of sp³-hybridized carbons (Fsp3) is 0.118. The summed E-state index contributed by atoms with van der Waals surface area (Å²) < 4.78 is 1.01. The first kappa shape index (κ1) is 15.8. The Morgan fingerprint density at radius 1 is 1.04 bits per heavy atom. The Hall–Kier alpha value is -2.05. The molecule has 0 fully saturated rings. The van der Waals surface area contributed by atoms with Crippen LogP contribution >= 0.6 is 27.3 Å². The van der Waals surface area contributed by atoms with Gasteiger partial charge in [-0.05, 0) is 49.2 Å². The van der Waals surface area contributed by atoms with Crippen LogP contribution in [0, 0.1) is 13.8 Å². The van der Waals surface area contributed by atoms with Gasteiger partial charge >= 0.3 is 0 Å². The molecule has 0 saturated heterocycles. The number of anilines is 1. The van der Waals surface area contributed by atoms with E-state index in [4.69, 9.17) is 0 Å². The average molecular weight is 388 g/mol. The minimum Gasteiger partial charge on any atom is -0.296 e. The van der Waals surface area contributed by atoms with E-state index in [1.807, 2.05) is 56.3 Å². The summed E-state index contributed by atoms with van der Waals surface area (Å²) in [6.07, 6.45) is 0. The monoisotopic (exact) mass is 387 g/mol. The Kier molecular flexibility index (Phi) is 4.54. The summed E-state index contributed by atoms with van der Waals surface area (Å²) in [4.78, 5) is 12.3. The van der Waals surface area contributed by atoms with E-state index in [1.54, 1.807) is 0 Å². The standard InChI is InChI=1S/C17H14BrN3OS/c1-10-3-4-13(9-11(10)2)15(22)19-17-21-20-16(23-17)12-5-7-14(18)8-6-12/h3-9H,1-2H3,(H,19,21,22). The first-order valence-corrected chi connectivity index (χ1v) is 8.62. The van der Waals surface area contributed by atoms with Crippen LogP contribution in [-0.2, 0) is 0 Å². The van der Waals surface area contributed by atoms with Gasteiger partial charge in [0.1, 0.15) is 5.01 Å². The zero-order chi connectivity index (χ0) is 16.4. The van der Waals surface area contributed by atoms with Crippen LogP contribution in [-0.4, -0.2) is 16.1 Å². The highest BCUT2D eigenvalue weighted by Crippen LogP contribution is 2.27. The quantitative estimate of drug-likeness (QED) is 0.699. The molecule has 0 atom stereocenters. The summed E-state index contributed by atoms with van der Waals surface area (Å²) >= 11 is 4.76. The zero-order valence-corrected chi connectivity index (χ0v) is 15.0. The number of hydrogen-bond donors (Lipinski definition) is 1. The van der Waals surface area contributed by atoms with Gasteiger partial charge in [0.05, 0.1) is 0 Å². The second-order valence-electron chi connectivity index (χ2n) is 5.17. The van der Waals surface area contributed by atoms with Crippen LogP contribution in [0.5, 0.6) is 0 Å². The van der Waals surface area contributed by atoms with Gasteiger partial charge in [-0.15, -0.1) is 10.2 Å². The van der Waals surface area contributed by atoms with Gasteiger partial charge in [-0.1, -0.05) is 45.5 Å². The topological polar surface area (TPSA) is 54.9 Å². The van der Waals surface area contributed by atoms with Crippen molar-refractivity contribution in [2.75, 3.05) is 5.32 Å². The molecule has 0 saturated carbocycles. The summed E-state index contributed by atoms with van der Waals surface area (Å²) in [7, 11) is 0. The summed E-state index contributed by atoms with van der Waals surface area (Å²) in [6.45, 7) is 4.01. The number of carbonyl (C=O) groups is 1. The lowest BCUT2D eigenvalue weighted by Crippen LogP contribution is -2.12. The molecule has 0 radical (unpaired) electrons. The van der Waals surface area contributed by atoms with E-state index in [0.717, 1.165) is 26.2 Å². The minimum absolute atomic E-state index is 0.174. The SMILES string of the molecule is Cc1ccc(C(=O)Nc2nnc(-c3ccc(Br)cc3)s2)cc1C. The van der Waals surface area contributed by atoms with Gasteiger partial charge in [0, 0.05) is 15.6 Å². The lowest BCUT2D eigenvalue weighted by Gasteiger charge is -2.04. The number of benzene rings is 2. The predicted molar refractivity (Wildman–Crippen MR) is 96.9 cm³/mol. The molecule has 1 amide bonds. The van der Waals surface area contributed by atoms with Crippen LogP contribution < -0.4 is 5.32 Å². The van der Waals surface area contributed by atoms with Crippen molar-refractivity contribution in [2.45, 2.75) is 13.8 Å². The molecule has 1 heterocycles. The molecule has 23 heavy (non-hydrogen) atoms. The van der Waals surface area contributed by atoms with Crippen molar-refractivity contribution in [2.24, 2.45) is 0 Å². The minimum atomic E-state index is -0.174. The molecular weight excluding hydrogens is 374 g/mol. The van der Waals surface area contributed by atoms with Crippen LogP contribution in [0.1, 0.15) is 21.5 Å². The van der Waals surface area contributed by atoms with E-state index >= 15 is 0 Å². The number of halogens is 1. The van der Waals surface area contributed by atoms with Crippen LogP contribution in [0.4, 0.5) is 5.13 Å². The third-order valence-electron chi connectivity index (χ3n) is 3.51. The van der Waals surface area contributed by atoms with E-state index in [9.17, 15) is 4.79 Å². The maximum Gasteiger partial charge on any atom is 0.257 e. The zero-order valence-electron chi connectivity index (χ0n) is 12.6. The molecule has 0 bridgehead atoms. The molecular formula is C17H14BrN3OS. The number of nitrogens with zero attached hydrogens (tertiary/aromatic N) is 2. The van der Waals surface area contributed by atoms with Crippen LogP contribution in [0.2, 0.25) is 0 Å². The number of aryl methyl sites for hydroxylation is 2. The molecule has 6 heteroatoms. The summed E-state index contributed by atoms with van der Waals surface area (Å²) in [5.74, 6) is -0.174. The Labute approximate surface area is 146 Å². The molecule has 1 N–H and O–H groups in total. The number of nitrogens with one attached hydrogen (secondary N) is 1. The summed E-state index contributed by atoms with van der Waals surface area (Å²) in [5.41, 5.74) is 3.84. The molecule has 0 aliphatic rings. The molecule has 0 aliphatic carbocycles. The predicted octanol–water partition coefficient (Wildman–Crippen LogP) is 4.84. The number of amides is 1. The highest BCUT2D eigenvalue weighted by Gasteiger charge is 2.12. The highest BCUT2D eigenvalue weighted by molar-refractivity contribution is 9.10. The van der Waals surface area contributed by atoms with Crippen LogP contribution in [0.15, 0.2) is 46.9 Å². The van der Waals surface area contributed by atoms with Crippen molar-refractivity contribution in [3.63, 3.8) is 0 Å². The van der Waals surface area contributed by atoms with Gasteiger partial charge in [0.2, 0.25) is 5.13 Å². The molecule has 1 aromatic heterocycles. The number of hydrogen-bond acceptors (Lipinski definition) is 4. The first-order chi connectivity index (χ1) is 11.0. The van der Waals surface area contributed by atoms with Crippen molar-refractivity contribution in [3.05, 3.63) is 63.6 Å². The van der Waals surface area contributed by atoms with Crippen molar-refractivity contribution in [3.8, 4) is 10.6 Å². The second-order valence-corrected chi connectivity index (χ2v) is 7.07. The normalized spacial score (nSPS) is 10.6. The fourth-order valence-electron chi connectivity index (χ4n) is 2.03. The highest BCUT2D eigenvalue weighted by atomic mass is 79.9. The van der Waals surface area contributed by atoms with Crippen molar-refractivity contribution < 1.29 is 4.79 Å². The Morgan fingerprint density at radius 2 is 1.78 bits per heavy atom. The van der Waals surface area contributed by atoms with Gasteiger partial charge in [0.25, 0.3) is 5.91 Å². The first-order valence-electron chi connectivity index (χ1n) is 7.01. The number of rotatable bonds is 3. The van der Waals surface area contributed by atoms with Crippen molar-refractivity contribution in [1.82, 2.24) is 10.2 Å². The van der Waals surface area contributed by atoms with Crippen molar-refractivity contribution in [1.29, 1.82) is 0 Å². The van der Waals surface area contributed by atoms with E-state index in [0.29, 0.717) is 10.7 Å². The lowest BCUT2D eigenvalue weighted by atomic mass is 10.1. The van der Waals surface area contributed by atoms with E-state index in [1.165, 1.54) is 11.3 Å².